The topological polar surface area (TPSA) is 111 Å². The summed E-state index contributed by atoms with van der Waals surface area (Å²) >= 11 is 0. The van der Waals surface area contributed by atoms with Crippen molar-refractivity contribution in [2.75, 3.05) is 26.2 Å². The van der Waals surface area contributed by atoms with Gasteiger partial charge >= 0.3 is 0 Å². The van der Waals surface area contributed by atoms with E-state index in [1.54, 1.807) is 0 Å². The van der Waals surface area contributed by atoms with Gasteiger partial charge in [0.15, 0.2) is 0 Å². The Bertz CT molecular complexity index is 2850. The SMILES string of the molecule is C=C(/C=C\C(=C/C)c1nc2c([nH]1)CCC(N1CCNCC1)=C2)N=C(N)c1ccc2nc(C3=CC=C(CCCCCCCC(c4ccccc4)(c4ccc(C)cc4)c4ccc(C)cc4)CC3)[nH]c2c1. The van der Waals surface area contributed by atoms with Gasteiger partial charge in [0.05, 0.1) is 22.4 Å². The lowest BCUT2D eigenvalue weighted by Crippen LogP contribution is -2.43. The molecular formula is C60H68N8. The summed E-state index contributed by atoms with van der Waals surface area (Å²) in [5.74, 6) is 2.19. The molecule has 0 unspecified atom stereocenters. The van der Waals surface area contributed by atoms with Gasteiger partial charge in [0, 0.05) is 54.1 Å². The molecule has 0 spiro atoms. The van der Waals surface area contributed by atoms with Crippen molar-refractivity contribution in [2.24, 2.45) is 10.7 Å². The molecule has 0 bridgehead atoms. The van der Waals surface area contributed by atoms with Gasteiger partial charge in [0.2, 0.25) is 0 Å². The Morgan fingerprint density at radius 3 is 2.18 bits per heavy atom. The molecule has 348 valence electrons. The van der Waals surface area contributed by atoms with Crippen LogP contribution in [0.15, 0.2) is 156 Å². The van der Waals surface area contributed by atoms with Crippen LogP contribution in [0.25, 0.3) is 28.3 Å². The summed E-state index contributed by atoms with van der Waals surface area (Å²) < 4.78 is 0. The first-order valence-corrected chi connectivity index (χ1v) is 25.0. The number of unbranched alkanes of at least 4 members (excludes halogenated alkanes) is 4. The van der Waals surface area contributed by atoms with Gasteiger partial charge in [0.1, 0.15) is 17.5 Å². The molecule has 0 amide bonds. The molecule has 8 nitrogen and oxygen atoms in total. The van der Waals surface area contributed by atoms with Crippen molar-refractivity contribution in [3.05, 3.63) is 207 Å². The van der Waals surface area contributed by atoms with Gasteiger partial charge in [-0.05, 0) is 124 Å². The maximum absolute atomic E-state index is 6.56. The number of fused-ring (bicyclic) bond motifs is 2. The number of amidine groups is 1. The molecule has 6 aromatic rings. The number of piperazine rings is 1. The van der Waals surface area contributed by atoms with Crippen molar-refractivity contribution >= 4 is 34.1 Å². The van der Waals surface area contributed by atoms with E-state index in [0.29, 0.717) is 11.5 Å². The molecule has 3 aliphatic rings. The third-order valence-corrected chi connectivity index (χ3v) is 14.3. The van der Waals surface area contributed by atoms with E-state index >= 15 is 0 Å². The van der Waals surface area contributed by atoms with E-state index in [2.05, 4.69) is 149 Å². The molecule has 1 aliphatic heterocycles. The summed E-state index contributed by atoms with van der Waals surface area (Å²) in [5, 5.41) is 3.45. The molecule has 9 rings (SSSR count). The lowest BCUT2D eigenvalue weighted by Gasteiger charge is -2.36. The highest BCUT2D eigenvalue weighted by Crippen LogP contribution is 2.44. The maximum Gasteiger partial charge on any atom is 0.137 e. The van der Waals surface area contributed by atoms with E-state index in [1.165, 1.54) is 82.5 Å². The normalized spacial score (nSPS) is 15.9. The predicted octanol–water partition coefficient (Wildman–Crippen LogP) is 12.8. The van der Waals surface area contributed by atoms with Gasteiger partial charge in [-0.3, -0.25) is 0 Å². The number of rotatable bonds is 18. The van der Waals surface area contributed by atoms with E-state index in [0.717, 1.165) is 104 Å². The van der Waals surface area contributed by atoms with Crippen molar-refractivity contribution in [1.82, 2.24) is 30.2 Å². The van der Waals surface area contributed by atoms with E-state index in [9.17, 15) is 0 Å². The minimum Gasteiger partial charge on any atom is -0.383 e. The minimum absolute atomic E-state index is 0.176. The Morgan fingerprint density at radius 2 is 1.47 bits per heavy atom. The number of aliphatic imine (C=N–C) groups is 1. The van der Waals surface area contributed by atoms with E-state index in [4.69, 9.17) is 15.7 Å². The molecule has 3 heterocycles. The average Bonchev–Trinajstić information content (AvgIpc) is 4.01. The fraction of sp³-hybridized carbons (Fsp3) is 0.317. The number of aromatic nitrogens is 4. The van der Waals surface area contributed by atoms with Crippen molar-refractivity contribution < 1.29 is 0 Å². The first-order chi connectivity index (χ1) is 33.2. The third-order valence-electron chi connectivity index (χ3n) is 14.3. The number of aromatic amines is 2. The van der Waals surface area contributed by atoms with Crippen LogP contribution in [0.5, 0.6) is 0 Å². The molecule has 0 saturated carbocycles. The molecule has 1 fully saturated rings. The summed E-state index contributed by atoms with van der Waals surface area (Å²) in [5.41, 5.74) is 23.7. The lowest BCUT2D eigenvalue weighted by atomic mass is 9.66. The Morgan fingerprint density at radius 1 is 0.765 bits per heavy atom. The van der Waals surface area contributed by atoms with Gasteiger partial charge in [-0.1, -0.05) is 146 Å². The summed E-state index contributed by atoms with van der Waals surface area (Å²) in [4.78, 5) is 24.2. The summed E-state index contributed by atoms with van der Waals surface area (Å²) in [7, 11) is 0. The number of nitrogens with two attached hydrogens (primary N) is 1. The zero-order valence-corrected chi connectivity index (χ0v) is 40.4. The van der Waals surface area contributed by atoms with Gasteiger partial charge < -0.3 is 25.9 Å². The number of hydrogen-bond acceptors (Lipinski definition) is 5. The maximum atomic E-state index is 6.56. The van der Waals surface area contributed by atoms with Crippen LogP contribution >= 0.6 is 0 Å². The van der Waals surface area contributed by atoms with Crippen LogP contribution in [0.1, 0.15) is 128 Å². The second kappa shape index (κ2) is 21.5. The fourth-order valence-corrected chi connectivity index (χ4v) is 10.3. The Kier molecular flexibility index (Phi) is 14.6. The average molecular weight is 901 g/mol. The monoisotopic (exact) mass is 901 g/mol. The largest absolute Gasteiger partial charge is 0.383 e. The Labute approximate surface area is 403 Å². The number of aryl methyl sites for hydroxylation is 3. The van der Waals surface area contributed by atoms with E-state index in [1.807, 2.05) is 37.3 Å². The highest BCUT2D eigenvalue weighted by atomic mass is 15.2. The van der Waals surface area contributed by atoms with Crippen LogP contribution in [0, 0.1) is 13.8 Å². The second-order valence-electron chi connectivity index (χ2n) is 19.0. The zero-order valence-electron chi connectivity index (χ0n) is 40.4. The Balaban J connectivity index is 0.769. The summed E-state index contributed by atoms with van der Waals surface area (Å²) in [6, 6.07) is 35.7. The highest BCUT2D eigenvalue weighted by Gasteiger charge is 2.35. The van der Waals surface area contributed by atoms with Crippen molar-refractivity contribution in [1.29, 1.82) is 0 Å². The van der Waals surface area contributed by atoms with Gasteiger partial charge in [-0.25, -0.2) is 15.0 Å². The number of allylic oxidation sites excluding steroid dienone is 9. The fourth-order valence-electron chi connectivity index (χ4n) is 10.3. The van der Waals surface area contributed by atoms with Crippen molar-refractivity contribution in [3.8, 4) is 0 Å². The number of H-pyrrole nitrogens is 2. The molecule has 4 aromatic carbocycles. The first kappa shape index (κ1) is 46.3. The van der Waals surface area contributed by atoms with E-state index < -0.39 is 0 Å². The lowest BCUT2D eigenvalue weighted by molar-refractivity contribution is 0.291. The molecule has 1 saturated heterocycles. The molecular weight excluding hydrogens is 833 g/mol. The standard InChI is InChI=1S/C60H68N8/c1-5-46(58-64-54-34-32-52(41-56(54)67-58)68-38-36-62-37-39-68)24-21-44(4)63-57(61)48-27-33-53-55(40-48)66-59(65-53)47-25-22-45(23-26-47)14-10-7-6-8-13-35-60(49-15-11-9-12-16-49,50-28-17-42(2)18-29-50)51-30-19-43(3)20-31-51/h5,9,11-12,15-22,24-25,27-31,33,40-41,62H,4,6-8,10,13-14,23,26,32,34-39H2,1-3H3,(H2,61,63)(H,64,67)(H,65,66)/b24-21-,46-5+. The molecule has 2 aromatic heterocycles. The van der Waals surface area contributed by atoms with Crippen LogP contribution in [0.4, 0.5) is 0 Å². The summed E-state index contributed by atoms with van der Waals surface area (Å²) in [6.07, 6.45) is 25.3. The molecule has 8 heteroatoms. The summed E-state index contributed by atoms with van der Waals surface area (Å²) in [6.45, 7) is 14.7. The van der Waals surface area contributed by atoms with Crippen LogP contribution in [-0.4, -0.2) is 56.9 Å². The number of nitrogens with one attached hydrogen (secondary N) is 3. The second-order valence-corrected chi connectivity index (χ2v) is 19.0. The molecule has 68 heavy (non-hydrogen) atoms. The Hall–Kier alpha value is -6.77. The molecule has 0 radical (unpaired) electrons. The number of hydrogen-bond donors (Lipinski definition) is 4. The smallest absolute Gasteiger partial charge is 0.137 e. The van der Waals surface area contributed by atoms with Crippen molar-refractivity contribution in [3.63, 3.8) is 0 Å². The molecule has 0 atom stereocenters. The van der Waals surface area contributed by atoms with Crippen LogP contribution in [0.3, 0.4) is 0 Å². The quantitative estimate of drug-likeness (QED) is 0.0226. The minimum atomic E-state index is -0.176. The molecule has 2 aliphatic carbocycles. The van der Waals surface area contributed by atoms with Crippen LogP contribution < -0.4 is 11.1 Å². The van der Waals surface area contributed by atoms with Crippen LogP contribution in [0.2, 0.25) is 0 Å². The van der Waals surface area contributed by atoms with Gasteiger partial charge in [-0.2, -0.15) is 0 Å². The van der Waals surface area contributed by atoms with Crippen LogP contribution in [-0.2, 0) is 11.8 Å². The molecule has 5 N–H and O–H groups in total. The highest BCUT2D eigenvalue weighted by molar-refractivity contribution is 6.01. The number of imidazole rings is 2. The van der Waals surface area contributed by atoms with Crippen molar-refractivity contribution in [2.45, 2.75) is 96.8 Å². The first-order valence-electron chi connectivity index (χ1n) is 25.0. The van der Waals surface area contributed by atoms with Gasteiger partial charge in [-0.15, -0.1) is 0 Å². The van der Waals surface area contributed by atoms with Gasteiger partial charge in [0.25, 0.3) is 0 Å². The van der Waals surface area contributed by atoms with E-state index in [-0.39, 0.29) is 5.41 Å². The zero-order chi connectivity index (χ0) is 46.9. The number of benzene rings is 4. The predicted molar refractivity (Wildman–Crippen MR) is 284 cm³/mol. The number of nitrogens with zero attached hydrogens (tertiary/aromatic N) is 4. The third kappa shape index (κ3) is 10.7.